The fraction of sp³-hybridized carbons (Fsp3) is 0.529. The number of hydrogen-bond acceptors (Lipinski definition) is 3. The number of benzene rings is 1. The van der Waals surface area contributed by atoms with Gasteiger partial charge in [-0.15, -0.1) is 0 Å². The Bertz CT molecular complexity index is 576. The Labute approximate surface area is 131 Å². The van der Waals surface area contributed by atoms with Crippen molar-refractivity contribution in [3.8, 4) is 5.75 Å². The van der Waals surface area contributed by atoms with Gasteiger partial charge in [0.25, 0.3) is 5.91 Å². The van der Waals surface area contributed by atoms with Crippen LogP contribution >= 0.6 is 0 Å². The smallest absolute Gasteiger partial charge is 0.254 e. The van der Waals surface area contributed by atoms with Crippen molar-refractivity contribution < 1.29 is 14.3 Å². The molecule has 0 aromatic heterocycles. The molecular formula is C17H24N2O3. The SMILES string of the molecule is CCOc1cc(C)c(C(=O)N2CCC(C(N)=O)CC2)cc1C. The van der Waals surface area contributed by atoms with Crippen molar-refractivity contribution >= 4 is 11.8 Å². The molecule has 1 aromatic rings. The number of likely N-dealkylation sites (tertiary alicyclic amines) is 1. The van der Waals surface area contributed by atoms with Crippen molar-refractivity contribution in [3.63, 3.8) is 0 Å². The van der Waals surface area contributed by atoms with E-state index in [1.807, 2.05) is 37.8 Å². The maximum absolute atomic E-state index is 12.7. The monoisotopic (exact) mass is 304 g/mol. The van der Waals surface area contributed by atoms with E-state index in [-0.39, 0.29) is 17.7 Å². The first kappa shape index (κ1) is 16.3. The molecule has 120 valence electrons. The first-order valence-corrected chi connectivity index (χ1v) is 7.76. The number of nitrogens with zero attached hydrogens (tertiary/aromatic N) is 1. The minimum absolute atomic E-state index is 0.0200. The van der Waals surface area contributed by atoms with Crippen molar-refractivity contribution in [1.29, 1.82) is 0 Å². The lowest BCUT2D eigenvalue weighted by molar-refractivity contribution is -0.123. The van der Waals surface area contributed by atoms with Gasteiger partial charge in [-0.2, -0.15) is 0 Å². The van der Waals surface area contributed by atoms with E-state index in [0.717, 1.165) is 16.9 Å². The summed E-state index contributed by atoms with van der Waals surface area (Å²) in [5, 5.41) is 0. The van der Waals surface area contributed by atoms with Crippen molar-refractivity contribution in [2.45, 2.75) is 33.6 Å². The van der Waals surface area contributed by atoms with Crippen LogP contribution < -0.4 is 10.5 Å². The lowest BCUT2D eigenvalue weighted by atomic mass is 9.95. The molecule has 2 rings (SSSR count). The lowest BCUT2D eigenvalue weighted by Crippen LogP contribution is -2.41. The predicted molar refractivity (Wildman–Crippen MR) is 84.9 cm³/mol. The number of aryl methyl sites for hydroxylation is 2. The normalized spacial score (nSPS) is 15.7. The molecule has 0 unspecified atom stereocenters. The number of ether oxygens (including phenoxy) is 1. The number of rotatable bonds is 4. The molecule has 0 atom stereocenters. The quantitative estimate of drug-likeness (QED) is 0.925. The van der Waals surface area contributed by atoms with Gasteiger partial charge in [0.15, 0.2) is 0 Å². The number of piperidine rings is 1. The molecule has 1 fully saturated rings. The van der Waals surface area contributed by atoms with E-state index in [0.29, 0.717) is 38.1 Å². The summed E-state index contributed by atoms with van der Waals surface area (Å²) in [6.07, 6.45) is 1.30. The Kier molecular flexibility index (Phi) is 5.06. The maximum Gasteiger partial charge on any atom is 0.254 e. The number of hydrogen-bond donors (Lipinski definition) is 1. The highest BCUT2D eigenvalue weighted by Gasteiger charge is 2.27. The third kappa shape index (κ3) is 3.40. The van der Waals surface area contributed by atoms with Crippen molar-refractivity contribution in [1.82, 2.24) is 4.90 Å². The standard InChI is InChI=1S/C17H24N2O3/c1-4-22-15-10-11(2)14(9-12(15)3)17(21)19-7-5-13(6-8-19)16(18)20/h9-10,13H,4-8H2,1-3H3,(H2,18,20). The van der Waals surface area contributed by atoms with Crippen LogP contribution in [0.15, 0.2) is 12.1 Å². The van der Waals surface area contributed by atoms with Crippen LogP contribution in [0.1, 0.15) is 41.3 Å². The molecule has 1 saturated heterocycles. The number of primary amides is 1. The average molecular weight is 304 g/mol. The number of carbonyl (C=O) groups excluding carboxylic acids is 2. The number of carbonyl (C=O) groups is 2. The second kappa shape index (κ2) is 6.81. The highest BCUT2D eigenvalue weighted by molar-refractivity contribution is 5.96. The summed E-state index contributed by atoms with van der Waals surface area (Å²) in [5.74, 6) is 0.475. The Morgan fingerprint density at radius 2 is 1.86 bits per heavy atom. The van der Waals surface area contributed by atoms with Crippen LogP contribution in [-0.4, -0.2) is 36.4 Å². The summed E-state index contributed by atoms with van der Waals surface area (Å²) >= 11 is 0. The third-order valence-corrected chi connectivity index (χ3v) is 4.24. The number of amides is 2. The summed E-state index contributed by atoms with van der Waals surface area (Å²) < 4.78 is 5.56. The molecular weight excluding hydrogens is 280 g/mol. The molecule has 1 aliphatic heterocycles. The van der Waals surface area contributed by atoms with Gasteiger partial charge in [0.05, 0.1) is 6.61 Å². The second-order valence-electron chi connectivity index (χ2n) is 5.83. The minimum Gasteiger partial charge on any atom is -0.494 e. The zero-order valence-corrected chi connectivity index (χ0v) is 13.5. The average Bonchev–Trinajstić information content (AvgIpc) is 2.50. The summed E-state index contributed by atoms with van der Waals surface area (Å²) in [6, 6.07) is 3.81. The van der Waals surface area contributed by atoms with Crippen LogP contribution in [0.2, 0.25) is 0 Å². The van der Waals surface area contributed by atoms with E-state index in [1.165, 1.54) is 0 Å². The van der Waals surface area contributed by atoms with Crippen molar-refractivity contribution in [3.05, 3.63) is 28.8 Å². The molecule has 5 nitrogen and oxygen atoms in total. The van der Waals surface area contributed by atoms with Crippen LogP contribution in [0.3, 0.4) is 0 Å². The van der Waals surface area contributed by atoms with Gasteiger partial charge >= 0.3 is 0 Å². The van der Waals surface area contributed by atoms with Gasteiger partial charge < -0.3 is 15.4 Å². The zero-order valence-electron chi connectivity index (χ0n) is 13.5. The number of nitrogens with two attached hydrogens (primary N) is 1. The van der Waals surface area contributed by atoms with E-state index in [2.05, 4.69) is 0 Å². The largest absolute Gasteiger partial charge is 0.494 e. The molecule has 1 aromatic carbocycles. The van der Waals surface area contributed by atoms with Crippen LogP contribution in [0.25, 0.3) is 0 Å². The second-order valence-corrected chi connectivity index (χ2v) is 5.83. The molecule has 2 amide bonds. The molecule has 1 heterocycles. The van der Waals surface area contributed by atoms with E-state index in [1.54, 1.807) is 0 Å². The third-order valence-electron chi connectivity index (χ3n) is 4.24. The molecule has 2 N–H and O–H groups in total. The van der Waals surface area contributed by atoms with E-state index in [9.17, 15) is 9.59 Å². The molecule has 0 saturated carbocycles. The Morgan fingerprint density at radius 3 is 2.41 bits per heavy atom. The van der Waals surface area contributed by atoms with E-state index in [4.69, 9.17) is 10.5 Å². The first-order valence-electron chi connectivity index (χ1n) is 7.76. The van der Waals surface area contributed by atoms with Gasteiger partial charge in [0.2, 0.25) is 5.91 Å². The molecule has 0 radical (unpaired) electrons. The highest BCUT2D eigenvalue weighted by atomic mass is 16.5. The predicted octanol–water partition coefficient (Wildman–Crippen LogP) is 2.04. The summed E-state index contributed by atoms with van der Waals surface area (Å²) in [5.41, 5.74) is 7.91. The highest BCUT2D eigenvalue weighted by Crippen LogP contribution is 2.25. The van der Waals surface area contributed by atoms with E-state index < -0.39 is 0 Å². The molecule has 22 heavy (non-hydrogen) atoms. The maximum atomic E-state index is 12.7. The van der Waals surface area contributed by atoms with Crippen LogP contribution in [0, 0.1) is 19.8 Å². The van der Waals surface area contributed by atoms with Gasteiger partial charge in [-0.3, -0.25) is 9.59 Å². The Balaban J connectivity index is 2.13. The molecule has 5 heteroatoms. The lowest BCUT2D eigenvalue weighted by Gasteiger charge is -2.31. The van der Waals surface area contributed by atoms with Crippen LogP contribution in [0.5, 0.6) is 5.75 Å². The summed E-state index contributed by atoms with van der Waals surface area (Å²) in [4.78, 5) is 25.7. The molecule has 1 aliphatic rings. The first-order chi connectivity index (χ1) is 10.4. The molecule has 0 bridgehead atoms. The van der Waals surface area contributed by atoms with Crippen molar-refractivity contribution in [2.75, 3.05) is 19.7 Å². The minimum atomic E-state index is -0.264. The van der Waals surface area contributed by atoms with Gasteiger partial charge in [-0.25, -0.2) is 0 Å². The Hall–Kier alpha value is -2.04. The van der Waals surface area contributed by atoms with Crippen LogP contribution in [-0.2, 0) is 4.79 Å². The molecule has 0 spiro atoms. The van der Waals surface area contributed by atoms with Gasteiger partial charge in [0, 0.05) is 24.6 Å². The Morgan fingerprint density at radius 1 is 1.23 bits per heavy atom. The van der Waals surface area contributed by atoms with E-state index >= 15 is 0 Å². The van der Waals surface area contributed by atoms with Gasteiger partial charge in [0.1, 0.15) is 5.75 Å². The van der Waals surface area contributed by atoms with Gasteiger partial charge in [-0.1, -0.05) is 0 Å². The van der Waals surface area contributed by atoms with Crippen LogP contribution in [0.4, 0.5) is 0 Å². The van der Waals surface area contributed by atoms with Crippen molar-refractivity contribution in [2.24, 2.45) is 11.7 Å². The zero-order chi connectivity index (χ0) is 16.3. The fourth-order valence-corrected chi connectivity index (χ4v) is 2.87. The topological polar surface area (TPSA) is 72.6 Å². The summed E-state index contributed by atoms with van der Waals surface area (Å²) in [7, 11) is 0. The summed E-state index contributed by atoms with van der Waals surface area (Å²) in [6.45, 7) is 7.58. The molecule has 0 aliphatic carbocycles. The fourth-order valence-electron chi connectivity index (χ4n) is 2.87. The van der Waals surface area contributed by atoms with Gasteiger partial charge in [-0.05, 0) is 56.9 Å².